The molecule has 0 fully saturated rings. The number of benzene rings is 1. The number of ether oxygens (including phenoxy) is 1. The third-order valence-electron chi connectivity index (χ3n) is 4.81. The van der Waals surface area contributed by atoms with Crippen molar-refractivity contribution >= 4 is 17.1 Å². The molecule has 0 saturated heterocycles. The van der Waals surface area contributed by atoms with Gasteiger partial charge in [-0.3, -0.25) is 13.9 Å². The number of fused-ring (bicyclic) bond motifs is 1. The smallest absolute Gasteiger partial charge is 0.337 e. The van der Waals surface area contributed by atoms with Gasteiger partial charge in [0.2, 0.25) is 0 Å². The van der Waals surface area contributed by atoms with Crippen LogP contribution in [0.15, 0.2) is 33.9 Å². The van der Waals surface area contributed by atoms with E-state index in [1.165, 1.54) is 11.7 Å². The average Bonchev–Trinajstić information content (AvgIpc) is 3.04. The van der Waals surface area contributed by atoms with Gasteiger partial charge in [-0.2, -0.15) is 0 Å². The third-order valence-corrected chi connectivity index (χ3v) is 4.81. The highest BCUT2D eigenvalue weighted by Gasteiger charge is 2.19. The summed E-state index contributed by atoms with van der Waals surface area (Å²) in [4.78, 5) is 42.2. The van der Waals surface area contributed by atoms with Gasteiger partial charge in [0.1, 0.15) is 5.82 Å². The summed E-state index contributed by atoms with van der Waals surface area (Å²) in [7, 11) is 3.12. The van der Waals surface area contributed by atoms with Crippen molar-refractivity contribution in [3.05, 3.63) is 62.1 Å². The maximum atomic E-state index is 13.1. The third kappa shape index (κ3) is 3.26. The van der Waals surface area contributed by atoms with Crippen LogP contribution >= 0.6 is 0 Å². The number of aryl methyl sites for hydroxylation is 3. The molecule has 0 saturated carbocycles. The van der Waals surface area contributed by atoms with Gasteiger partial charge in [-0.25, -0.2) is 14.6 Å². The Labute approximate surface area is 162 Å². The van der Waals surface area contributed by atoms with Crippen LogP contribution in [0.4, 0.5) is 0 Å². The second kappa shape index (κ2) is 7.84. The molecule has 0 aliphatic heterocycles. The largest absolute Gasteiger partial charge is 0.465 e. The van der Waals surface area contributed by atoms with Crippen LogP contribution in [0.1, 0.15) is 42.0 Å². The van der Waals surface area contributed by atoms with E-state index in [4.69, 9.17) is 4.74 Å². The zero-order valence-electron chi connectivity index (χ0n) is 16.6. The van der Waals surface area contributed by atoms with Crippen LogP contribution in [-0.2, 0) is 31.3 Å². The average molecular weight is 384 g/mol. The van der Waals surface area contributed by atoms with Crippen LogP contribution in [0, 0.1) is 0 Å². The highest BCUT2D eigenvalue weighted by molar-refractivity contribution is 5.89. The van der Waals surface area contributed by atoms with Gasteiger partial charge < -0.3 is 9.30 Å². The van der Waals surface area contributed by atoms with E-state index in [2.05, 4.69) is 4.98 Å². The Kier molecular flexibility index (Phi) is 5.48. The van der Waals surface area contributed by atoms with Gasteiger partial charge in [0.05, 0.1) is 19.2 Å². The normalized spacial score (nSPS) is 11.1. The van der Waals surface area contributed by atoms with Crippen molar-refractivity contribution in [1.82, 2.24) is 18.7 Å². The Bertz CT molecular complexity index is 1140. The van der Waals surface area contributed by atoms with Crippen molar-refractivity contribution in [2.75, 3.05) is 7.11 Å². The molecule has 0 N–H and O–H groups in total. The Hall–Kier alpha value is -3.16. The van der Waals surface area contributed by atoms with Crippen LogP contribution in [-0.4, -0.2) is 31.8 Å². The lowest BCUT2D eigenvalue weighted by Gasteiger charge is -2.11. The molecule has 0 aliphatic rings. The Morgan fingerprint density at radius 1 is 1.11 bits per heavy atom. The lowest BCUT2D eigenvalue weighted by Crippen LogP contribution is -2.40. The molecule has 148 valence electrons. The maximum absolute atomic E-state index is 13.1. The molecule has 0 unspecified atom stereocenters. The molecule has 8 heteroatoms. The highest BCUT2D eigenvalue weighted by Crippen LogP contribution is 2.12. The Balaban J connectivity index is 2.15. The van der Waals surface area contributed by atoms with Crippen molar-refractivity contribution in [3.8, 4) is 0 Å². The van der Waals surface area contributed by atoms with Gasteiger partial charge in [-0.15, -0.1) is 0 Å². The van der Waals surface area contributed by atoms with E-state index in [0.717, 1.165) is 17.8 Å². The summed E-state index contributed by atoms with van der Waals surface area (Å²) in [6.45, 7) is 4.54. The Morgan fingerprint density at radius 3 is 2.36 bits per heavy atom. The predicted octanol–water partition coefficient (Wildman–Crippen LogP) is 1.70. The van der Waals surface area contributed by atoms with Crippen molar-refractivity contribution in [1.29, 1.82) is 0 Å². The Morgan fingerprint density at radius 2 is 1.79 bits per heavy atom. The molecule has 3 aromatic rings. The number of aromatic nitrogens is 4. The second-order valence-corrected chi connectivity index (χ2v) is 6.63. The zero-order chi connectivity index (χ0) is 20.4. The quantitative estimate of drug-likeness (QED) is 0.604. The molecule has 0 radical (unpaired) electrons. The van der Waals surface area contributed by atoms with Crippen LogP contribution in [0.2, 0.25) is 0 Å². The predicted molar refractivity (Wildman–Crippen MR) is 106 cm³/mol. The summed E-state index contributed by atoms with van der Waals surface area (Å²) < 4.78 is 9.25. The monoisotopic (exact) mass is 384 g/mol. The number of carbonyl (C=O) groups excluding carboxylic acids is 1. The molecule has 0 bridgehead atoms. The van der Waals surface area contributed by atoms with Gasteiger partial charge in [0.15, 0.2) is 11.2 Å². The summed E-state index contributed by atoms with van der Waals surface area (Å²) >= 11 is 0. The fourth-order valence-corrected chi connectivity index (χ4v) is 3.34. The molecule has 28 heavy (non-hydrogen) atoms. The van der Waals surface area contributed by atoms with Gasteiger partial charge in [-0.1, -0.05) is 26.0 Å². The van der Waals surface area contributed by atoms with E-state index in [-0.39, 0.29) is 17.8 Å². The first-order valence-corrected chi connectivity index (χ1v) is 9.29. The number of nitrogens with zero attached hydrogens (tertiary/aromatic N) is 4. The van der Waals surface area contributed by atoms with Crippen LogP contribution in [0.5, 0.6) is 0 Å². The number of esters is 1. The minimum absolute atomic E-state index is 0.116. The first-order valence-electron chi connectivity index (χ1n) is 9.29. The van der Waals surface area contributed by atoms with E-state index in [1.807, 2.05) is 13.8 Å². The lowest BCUT2D eigenvalue weighted by atomic mass is 10.1. The standard InChI is InChI=1S/C20H24N4O4/c1-5-11-23-17-16(22(3)15(6-2)21-17)18(25)24(20(23)27)12-13-7-9-14(10-8-13)19(26)28-4/h7-10H,5-6,11-12H2,1-4H3. The number of hydrogen-bond donors (Lipinski definition) is 0. The van der Waals surface area contributed by atoms with E-state index >= 15 is 0 Å². The molecule has 1 aromatic carbocycles. The minimum Gasteiger partial charge on any atom is -0.465 e. The number of carbonyl (C=O) groups is 1. The fourth-order valence-electron chi connectivity index (χ4n) is 3.34. The summed E-state index contributed by atoms with van der Waals surface area (Å²) in [6, 6.07) is 6.67. The molecule has 0 atom stereocenters. The SMILES string of the molecule is CCCn1c(=O)n(Cc2ccc(C(=O)OC)cc2)c(=O)c2c1nc(CC)n2C. The lowest BCUT2D eigenvalue weighted by molar-refractivity contribution is 0.0600. The van der Waals surface area contributed by atoms with Gasteiger partial charge in [-0.05, 0) is 24.1 Å². The molecular formula is C20H24N4O4. The summed E-state index contributed by atoms with van der Waals surface area (Å²) in [6.07, 6.45) is 1.42. The van der Waals surface area contributed by atoms with Crippen molar-refractivity contribution in [3.63, 3.8) is 0 Å². The molecule has 0 amide bonds. The summed E-state index contributed by atoms with van der Waals surface area (Å²) in [5.41, 5.74) is 1.28. The minimum atomic E-state index is -0.433. The van der Waals surface area contributed by atoms with Crippen LogP contribution in [0.25, 0.3) is 11.2 Å². The van der Waals surface area contributed by atoms with Gasteiger partial charge in [0, 0.05) is 20.0 Å². The first kappa shape index (κ1) is 19.6. The van der Waals surface area contributed by atoms with Crippen molar-refractivity contribution in [2.24, 2.45) is 7.05 Å². The summed E-state index contributed by atoms with van der Waals surface area (Å²) in [5, 5.41) is 0. The molecular weight excluding hydrogens is 360 g/mol. The molecule has 0 spiro atoms. The summed E-state index contributed by atoms with van der Waals surface area (Å²) in [5.74, 6) is 0.328. The zero-order valence-corrected chi connectivity index (χ0v) is 16.6. The molecule has 0 aliphatic carbocycles. The number of imidazole rings is 1. The van der Waals surface area contributed by atoms with Crippen molar-refractivity contribution in [2.45, 2.75) is 39.8 Å². The maximum Gasteiger partial charge on any atom is 0.337 e. The first-order chi connectivity index (χ1) is 13.4. The molecule has 8 nitrogen and oxygen atoms in total. The topological polar surface area (TPSA) is 88.1 Å². The van der Waals surface area contributed by atoms with Crippen molar-refractivity contribution < 1.29 is 9.53 Å². The van der Waals surface area contributed by atoms with E-state index in [0.29, 0.717) is 29.7 Å². The highest BCUT2D eigenvalue weighted by atomic mass is 16.5. The number of rotatable bonds is 6. The molecule has 2 aromatic heterocycles. The molecule has 2 heterocycles. The van der Waals surface area contributed by atoms with Crippen LogP contribution in [0.3, 0.4) is 0 Å². The van der Waals surface area contributed by atoms with Gasteiger partial charge in [0.25, 0.3) is 5.56 Å². The fraction of sp³-hybridized carbons (Fsp3) is 0.400. The number of methoxy groups -OCH3 is 1. The number of hydrogen-bond acceptors (Lipinski definition) is 5. The van der Waals surface area contributed by atoms with Crippen LogP contribution < -0.4 is 11.2 Å². The van der Waals surface area contributed by atoms with E-state index in [9.17, 15) is 14.4 Å². The second-order valence-electron chi connectivity index (χ2n) is 6.63. The van der Waals surface area contributed by atoms with Gasteiger partial charge >= 0.3 is 11.7 Å². The van der Waals surface area contributed by atoms with E-state index in [1.54, 1.807) is 40.4 Å². The van der Waals surface area contributed by atoms with E-state index < -0.39 is 5.97 Å². The molecule has 3 rings (SSSR count).